The summed E-state index contributed by atoms with van der Waals surface area (Å²) in [7, 11) is 0. The van der Waals surface area contributed by atoms with Crippen LogP contribution in [0.3, 0.4) is 0 Å². The third-order valence-electron chi connectivity index (χ3n) is 5.54. The van der Waals surface area contributed by atoms with Gasteiger partial charge in [0.05, 0.1) is 18.5 Å². The lowest BCUT2D eigenvalue weighted by atomic mass is 10.1. The highest BCUT2D eigenvalue weighted by molar-refractivity contribution is 5.94. The molecule has 1 rings (SSSR count). The number of aliphatic imine (C=N–C) groups is 1. The number of nitrogens with two attached hydrogens (primary N) is 4. The lowest BCUT2D eigenvalue weighted by Gasteiger charge is -2.26. The molecule has 16 nitrogen and oxygen atoms in total. The zero-order chi connectivity index (χ0) is 28.7. The first kappa shape index (κ1) is 32.3. The first-order valence-corrected chi connectivity index (χ1v) is 12.3. The SMILES string of the molecule is CC(O)C(NC(=O)C(Cc1cnc[nH]1)NC(=O)C(N)CCCCN)C(=O)NC(CCCN=C(N)N)C(=O)O. The second-order valence-electron chi connectivity index (χ2n) is 8.81. The number of aliphatic hydroxyl groups is 1. The average molecular weight is 541 g/mol. The van der Waals surface area contributed by atoms with Crippen molar-refractivity contribution in [3.05, 3.63) is 18.2 Å². The maximum atomic E-state index is 13.1. The molecule has 0 radical (unpaired) electrons. The molecule has 1 heterocycles. The highest BCUT2D eigenvalue weighted by Crippen LogP contribution is 2.05. The molecule has 16 heteroatoms. The summed E-state index contributed by atoms with van der Waals surface area (Å²) in [6.45, 7) is 1.87. The molecule has 38 heavy (non-hydrogen) atoms. The van der Waals surface area contributed by atoms with Gasteiger partial charge >= 0.3 is 5.97 Å². The van der Waals surface area contributed by atoms with Crippen LogP contribution in [0.15, 0.2) is 17.5 Å². The molecule has 1 aromatic rings. The van der Waals surface area contributed by atoms with Gasteiger partial charge < -0.3 is 54.1 Å². The second kappa shape index (κ2) is 16.9. The van der Waals surface area contributed by atoms with Crippen LogP contribution in [0.4, 0.5) is 0 Å². The highest BCUT2D eigenvalue weighted by Gasteiger charge is 2.33. The average Bonchev–Trinajstić information content (AvgIpc) is 3.36. The number of nitrogens with zero attached hydrogens (tertiary/aromatic N) is 2. The molecular weight excluding hydrogens is 500 g/mol. The number of amides is 3. The summed E-state index contributed by atoms with van der Waals surface area (Å²) in [4.78, 5) is 60.7. The summed E-state index contributed by atoms with van der Waals surface area (Å²) in [6, 6.07) is -4.89. The number of unbranched alkanes of at least 4 members (excludes halogenated alkanes) is 1. The Hall–Kier alpha value is -3.76. The number of carbonyl (C=O) groups excluding carboxylic acids is 3. The number of carbonyl (C=O) groups is 4. The zero-order valence-electron chi connectivity index (χ0n) is 21.4. The van der Waals surface area contributed by atoms with E-state index >= 15 is 0 Å². The normalized spacial score (nSPS) is 14.8. The van der Waals surface area contributed by atoms with Crippen molar-refractivity contribution in [2.24, 2.45) is 27.9 Å². The Morgan fingerprint density at radius 3 is 2.26 bits per heavy atom. The fourth-order valence-corrected chi connectivity index (χ4v) is 3.43. The number of carboxylic acid groups (broad SMARTS) is 1. The van der Waals surface area contributed by atoms with Gasteiger partial charge in [0, 0.05) is 24.9 Å². The van der Waals surface area contributed by atoms with Crippen LogP contribution in [0.2, 0.25) is 0 Å². The molecule has 0 spiro atoms. The molecule has 5 atom stereocenters. The number of aliphatic hydroxyl groups excluding tert-OH is 1. The molecule has 14 N–H and O–H groups in total. The van der Waals surface area contributed by atoms with Crippen molar-refractivity contribution < 1.29 is 29.4 Å². The maximum absolute atomic E-state index is 13.1. The lowest BCUT2D eigenvalue weighted by molar-refractivity contribution is -0.143. The van der Waals surface area contributed by atoms with E-state index < -0.39 is 54.0 Å². The molecule has 0 aliphatic rings. The van der Waals surface area contributed by atoms with Gasteiger partial charge in [-0.1, -0.05) is 6.42 Å². The van der Waals surface area contributed by atoms with Gasteiger partial charge in [-0.25, -0.2) is 9.78 Å². The van der Waals surface area contributed by atoms with Crippen molar-refractivity contribution in [2.45, 2.75) is 75.7 Å². The molecule has 0 saturated heterocycles. The van der Waals surface area contributed by atoms with E-state index in [0.717, 1.165) is 0 Å². The Balaban J connectivity index is 2.93. The summed E-state index contributed by atoms with van der Waals surface area (Å²) in [5, 5.41) is 26.9. The smallest absolute Gasteiger partial charge is 0.326 e. The molecule has 214 valence electrons. The third kappa shape index (κ3) is 12.0. The van der Waals surface area contributed by atoms with Gasteiger partial charge in [-0.15, -0.1) is 0 Å². The van der Waals surface area contributed by atoms with Gasteiger partial charge in [0.15, 0.2) is 5.96 Å². The van der Waals surface area contributed by atoms with E-state index in [1.54, 1.807) is 0 Å². The van der Waals surface area contributed by atoms with Gasteiger partial charge in [0.25, 0.3) is 0 Å². The number of imidazole rings is 1. The van der Waals surface area contributed by atoms with Crippen molar-refractivity contribution in [2.75, 3.05) is 13.1 Å². The zero-order valence-corrected chi connectivity index (χ0v) is 21.4. The number of aliphatic carboxylic acids is 1. The molecule has 3 amide bonds. The molecule has 0 aliphatic carbocycles. The number of rotatable bonds is 18. The summed E-state index contributed by atoms with van der Waals surface area (Å²) in [6.07, 6.45) is 3.39. The lowest BCUT2D eigenvalue weighted by Crippen LogP contribution is -2.60. The van der Waals surface area contributed by atoms with Crippen molar-refractivity contribution in [3.8, 4) is 0 Å². The molecule has 0 aromatic carbocycles. The number of nitrogens with one attached hydrogen (secondary N) is 4. The van der Waals surface area contributed by atoms with Gasteiger partial charge in [-0.05, 0) is 39.2 Å². The van der Waals surface area contributed by atoms with Gasteiger partial charge in [-0.3, -0.25) is 19.4 Å². The first-order valence-electron chi connectivity index (χ1n) is 12.3. The van der Waals surface area contributed by atoms with E-state index in [1.165, 1.54) is 19.4 Å². The van der Waals surface area contributed by atoms with E-state index in [9.17, 15) is 29.4 Å². The number of hydrogen-bond donors (Lipinski definition) is 10. The number of hydrogen-bond acceptors (Lipinski definition) is 9. The van der Waals surface area contributed by atoms with Crippen molar-refractivity contribution in [1.29, 1.82) is 0 Å². The van der Waals surface area contributed by atoms with Crippen molar-refractivity contribution >= 4 is 29.7 Å². The van der Waals surface area contributed by atoms with E-state index in [-0.39, 0.29) is 31.8 Å². The Morgan fingerprint density at radius 1 is 1.03 bits per heavy atom. The molecule has 0 saturated carbocycles. The fraction of sp³-hybridized carbons (Fsp3) is 0.636. The van der Waals surface area contributed by atoms with E-state index in [0.29, 0.717) is 31.5 Å². The topological polar surface area (TPSA) is 290 Å². The quantitative estimate of drug-likeness (QED) is 0.0492. The first-order chi connectivity index (χ1) is 18.0. The monoisotopic (exact) mass is 540 g/mol. The minimum Gasteiger partial charge on any atom is -0.480 e. The van der Waals surface area contributed by atoms with Crippen LogP contribution in [0.5, 0.6) is 0 Å². The van der Waals surface area contributed by atoms with Crippen molar-refractivity contribution in [3.63, 3.8) is 0 Å². The maximum Gasteiger partial charge on any atom is 0.326 e. The molecule has 5 unspecified atom stereocenters. The van der Waals surface area contributed by atoms with Crippen LogP contribution in [0.25, 0.3) is 0 Å². The molecule has 0 fully saturated rings. The van der Waals surface area contributed by atoms with E-state index in [4.69, 9.17) is 22.9 Å². The molecule has 0 bridgehead atoms. The van der Waals surface area contributed by atoms with Crippen LogP contribution >= 0.6 is 0 Å². The van der Waals surface area contributed by atoms with Crippen LogP contribution in [-0.2, 0) is 25.6 Å². The second-order valence-corrected chi connectivity index (χ2v) is 8.81. The number of H-pyrrole nitrogens is 1. The van der Waals surface area contributed by atoms with Gasteiger partial charge in [0.2, 0.25) is 17.7 Å². The Kier molecular flexibility index (Phi) is 14.3. The van der Waals surface area contributed by atoms with Crippen LogP contribution in [0.1, 0.15) is 44.7 Å². The number of aromatic nitrogens is 2. The molecular formula is C22H40N10O6. The van der Waals surface area contributed by atoms with Gasteiger partial charge in [-0.2, -0.15) is 0 Å². The molecule has 0 aliphatic heterocycles. The summed E-state index contributed by atoms with van der Waals surface area (Å²) in [5.41, 5.74) is 22.4. The Labute approximate surface area is 220 Å². The van der Waals surface area contributed by atoms with Gasteiger partial charge in [0.1, 0.15) is 18.1 Å². The Morgan fingerprint density at radius 2 is 1.71 bits per heavy atom. The standard InChI is InChI=1S/C22H40N10O6/c1-12(33)17(20(36)30-15(21(37)38)6-4-8-28-22(25)26)32-19(35)16(9-13-10-27-11-29-13)31-18(34)14(24)5-2-3-7-23/h10-12,14-17,33H,2-9,23-24H2,1H3,(H,27,29)(H,30,36)(H,31,34)(H,32,35)(H,37,38)(H4,25,26,28). The van der Waals surface area contributed by atoms with E-state index in [2.05, 4.69) is 30.9 Å². The van der Waals surface area contributed by atoms with Crippen LogP contribution < -0.4 is 38.9 Å². The fourth-order valence-electron chi connectivity index (χ4n) is 3.43. The summed E-state index contributed by atoms with van der Waals surface area (Å²) in [5.74, 6) is -3.75. The Bertz CT molecular complexity index is 920. The summed E-state index contributed by atoms with van der Waals surface area (Å²) >= 11 is 0. The summed E-state index contributed by atoms with van der Waals surface area (Å²) < 4.78 is 0. The van der Waals surface area contributed by atoms with Crippen LogP contribution in [0, 0.1) is 0 Å². The van der Waals surface area contributed by atoms with Crippen LogP contribution in [-0.4, -0.2) is 93.2 Å². The predicted molar refractivity (Wildman–Crippen MR) is 138 cm³/mol. The van der Waals surface area contributed by atoms with E-state index in [1.807, 2.05) is 0 Å². The minimum atomic E-state index is -1.51. The number of guanidine groups is 1. The minimum absolute atomic E-state index is 0.00111. The largest absolute Gasteiger partial charge is 0.480 e. The molecule has 1 aromatic heterocycles. The number of carboxylic acids is 1. The third-order valence-corrected chi connectivity index (χ3v) is 5.54. The number of aromatic amines is 1. The van der Waals surface area contributed by atoms with Crippen molar-refractivity contribution in [1.82, 2.24) is 25.9 Å². The predicted octanol–water partition coefficient (Wildman–Crippen LogP) is -3.62. The highest BCUT2D eigenvalue weighted by atomic mass is 16.4.